The Labute approximate surface area is 472 Å². The molecule has 0 aromatic heterocycles. The fourth-order valence-corrected chi connectivity index (χ4v) is 11.1. The lowest BCUT2D eigenvalue weighted by Crippen LogP contribution is -2.34. The van der Waals surface area contributed by atoms with Crippen LogP contribution in [-0.2, 0) is 0 Å². The highest BCUT2D eigenvalue weighted by Gasteiger charge is 2.36. The zero-order chi connectivity index (χ0) is 56.4. The molecule has 0 fully saturated rings. The van der Waals surface area contributed by atoms with Crippen LogP contribution >= 0.6 is 0 Å². The summed E-state index contributed by atoms with van der Waals surface area (Å²) in [4.78, 5) is 12.9. The van der Waals surface area contributed by atoms with Crippen LogP contribution in [0.5, 0.6) is 0 Å². The van der Waals surface area contributed by atoms with Crippen molar-refractivity contribution in [3.05, 3.63) is 235 Å². The van der Waals surface area contributed by atoms with Crippen molar-refractivity contribution >= 4 is 85.3 Å². The number of hydrogen-bond acceptors (Lipinski definition) is 6. The SMILES string of the molecule is CN(C)c1ccc([N+](C)(c2ccc(C(c3ccc([N+](C)(c4ccc(N(C)C)cc4)c4ccc(N(C)C)cc4)cc3)c3ccc([N+](C)(c4ccc(N(C)C)cc4)c4ccc(N(C)C)cc4)cc3)cc2)c2ccc(N(C)C)cc2)cc1. The number of nitrogens with zero attached hydrogens (tertiary/aromatic N) is 9. The molecule has 0 radical (unpaired) electrons. The topological polar surface area (TPSA) is 19.4 Å². The summed E-state index contributed by atoms with van der Waals surface area (Å²) in [5.74, 6) is -0.0790. The standard InChI is InChI=1S/C70H82N9/c1-71(2)55-22-40-64(41-23-55)77(13,65-42-24-56(25-43-65)72(3)4)61-34-16-52(17-35-61)70(53-18-36-62(37-19-53)78(14,66-44-26-57(27-45-66)73(5)6)67-46-28-58(29-47-67)74(7)8)54-20-38-63(39-21-54)79(15,68-48-30-59(31-49-68)75(9)10)69-50-32-60(33-51-69)76(11)12/h16-51,70H,1-15H3/q+3. The third kappa shape index (κ3) is 10.8. The lowest BCUT2D eigenvalue weighted by molar-refractivity contribution is 0.626. The first-order chi connectivity index (χ1) is 37.7. The van der Waals surface area contributed by atoms with Gasteiger partial charge in [-0.3, -0.25) is 0 Å². The number of anilines is 6. The van der Waals surface area contributed by atoms with Crippen LogP contribution in [0.1, 0.15) is 22.6 Å². The van der Waals surface area contributed by atoms with Crippen LogP contribution in [0.2, 0.25) is 0 Å². The van der Waals surface area contributed by atoms with Crippen LogP contribution in [0.4, 0.5) is 85.3 Å². The van der Waals surface area contributed by atoms with Crippen LogP contribution in [0.3, 0.4) is 0 Å². The zero-order valence-corrected chi connectivity index (χ0v) is 49.4. The van der Waals surface area contributed by atoms with Gasteiger partial charge in [0.15, 0.2) is 0 Å². The van der Waals surface area contributed by atoms with Gasteiger partial charge in [-0.15, -0.1) is 0 Å². The summed E-state index contributed by atoms with van der Waals surface area (Å²) in [5, 5.41) is 0. The predicted octanol–water partition coefficient (Wildman–Crippen LogP) is 16.1. The van der Waals surface area contributed by atoms with E-state index in [1.54, 1.807) is 0 Å². The fourth-order valence-electron chi connectivity index (χ4n) is 11.1. The maximum Gasteiger partial charge on any atom is 0.142 e. The molecule has 79 heavy (non-hydrogen) atoms. The van der Waals surface area contributed by atoms with Gasteiger partial charge in [0.25, 0.3) is 0 Å². The molecule has 0 amide bonds. The van der Waals surface area contributed by atoms with E-state index in [0.29, 0.717) is 13.4 Å². The van der Waals surface area contributed by atoms with Crippen molar-refractivity contribution in [3.8, 4) is 0 Å². The monoisotopic (exact) mass is 1050 g/mol. The van der Waals surface area contributed by atoms with E-state index in [4.69, 9.17) is 0 Å². The fraction of sp³-hybridized carbons (Fsp3) is 0.229. The average molecular weight is 1050 g/mol. The molecule has 9 heteroatoms. The van der Waals surface area contributed by atoms with Crippen LogP contribution < -0.4 is 42.8 Å². The van der Waals surface area contributed by atoms with Crippen molar-refractivity contribution in [2.45, 2.75) is 5.92 Å². The highest BCUT2D eigenvalue weighted by molar-refractivity contribution is 5.77. The first-order valence-corrected chi connectivity index (χ1v) is 27.3. The van der Waals surface area contributed by atoms with Gasteiger partial charge in [0.05, 0.1) is 21.1 Å². The number of rotatable bonds is 18. The van der Waals surface area contributed by atoms with E-state index in [1.165, 1.54) is 102 Å². The molecular formula is C70H82N9+3. The smallest absolute Gasteiger partial charge is 0.142 e. The van der Waals surface area contributed by atoms with Crippen molar-refractivity contribution in [1.82, 2.24) is 13.4 Å². The summed E-state index contributed by atoms with van der Waals surface area (Å²) in [6.07, 6.45) is 0. The van der Waals surface area contributed by atoms with Gasteiger partial charge in [-0.05, 0) is 89.5 Å². The Morgan fingerprint density at radius 1 is 0.190 bits per heavy atom. The van der Waals surface area contributed by atoms with Gasteiger partial charge in [0, 0.05) is 234 Å². The van der Waals surface area contributed by atoms with Crippen LogP contribution in [0, 0.1) is 0 Å². The van der Waals surface area contributed by atoms with Gasteiger partial charge in [-0.1, -0.05) is 36.4 Å². The summed E-state index contributed by atoms with van der Waals surface area (Å²) in [5.41, 5.74) is 21.3. The minimum absolute atomic E-state index is 0.0790. The van der Waals surface area contributed by atoms with Gasteiger partial charge < -0.3 is 29.4 Å². The van der Waals surface area contributed by atoms with E-state index in [-0.39, 0.29) is 5.92 Å². The Bertz CT molecular complexity index is 2890. The van der Waals surface area contributed by atoms with E-state index < -0.39 is 0 Å². The number of quaternary nitrogens is 3. The normalized spacial score (nSPS) is 11.8. The van der Waals surface area contributed by atoms with E-state index in [1.807, 2.05) is 0 Å². The third-order valence-electron chi connectivity index (χ3n) is 16.5. The molecule has 0 aliphatic rings. The van der Waals surface area contributed by atoms with E-state index >= 15 is 0 Å². The number of hydrogen-bond donors (Lipinski definition) is 0. The van der Waals surface area contributed by atoms with Gasteiger partial charge in [-0.25, -0.2) is 13.4 Å². The molecule has 0 atom stereocenters. The summed E-state index contributed by atoms with van der Waals surface area (Å²) in [6, 6.07) is 82.2. The highest BCUT2D eigenvalue weighted by atomic mass is 15.4. The minimum atomic E-state index is -0.0790. The maximum atomic E-state index is 2.36. The van der Waals surface area contributed by atoms with E-state index in [0.717, 1.165) is 0 Å². The third-order valence-corrected chi connectivity index (χ3v) is 16.5. The number of benzene rings is 9. The second kappa shape index (κ2) is 22.6. The summed E-state index contributed by atoms with van der Waals surface area (Å²) in [7, 11) is 32.1. The van der Waals surface area contributed by atoms with Gasteiger partial charge >= 0.3 is 0 Å². The van der Waals surface area contributed by atoms with Crippen LogP contribution in [0.25, 0.3) is 0 Å². The Morgan fingerprint density at radius 2 is 0.304 bits per heavy atom. The van der Waals surface area contributed by atoms with Crippen molar-refractivity contribution < 1.29 is 0 Å². The lowest BCUT2D eigenvalue weighted by Gasteiger charge is -2.35. The molecule has 0 saturated heterocycles. The molecule has 9 aromatic rings. The molecule has 9 aromatic carbocycles. The largest absolute Gasteiger partial charge is 0.378 e. The van der Waals surface area contributed by atoms with Crippen molar-refractivity contribution in [3.63, 3.8) is 0 Å². The first-order valence-electron chi connectivity index (χ1n) is 27.3. The molecule has 404 valence electrons. The van der Waals surface area contributed by atoms with Gasteiger partial charge in [-0.2, -0.15) is 0 Å². The molecule has 0 unspecified atom stereocenters. The Morgan fingerprint density at radius 3 is 0.418 bits per heavy atom. The quantitative estimate of drug-likeness (QED) is 0.0626. The summed E-state index contributed by atoms with van der Waals surface area (Å²) in [6.45, 7) is 0. The molecule has 0 spiro atoms. The highest BCUT2D eigenvalue weighted by Crippen LogP contribution is 2.48. The predicted molar refractivity (Wildman–Crippen MR) is 346 cm³/mol. The second-order valence-electron chi connectivity index (χ2n) is 22.7. The van der Waals surface area contributed by atoms with E-state index in [2.05, 4.69) is 354 Å². The Balaban J connectivity index is 1.19. The molecule has 9 rings (SSSR count). The lowest BCUT2D eigenvalue weighted by atomic mass is 9.84. The van der Waals surface area contributed by atoms with Gasteiger partial charge in [0.2, 0.25) is 0 Å². The van der Waals surface area contributed by atoms with Crippen LogP contribution in [0.15, 0.2) is 218 Å². The van der Waals surface area contributed by atoms with Crippen molar-refractivity contribution in [2.75, 3.05) is 135 Å². The van der Waals surface area contributed by atoms with Crippen LogP contribution in [-0.4, -0.2) is 106 Å². The molecule has 9 nitrogen and oxygen atoms in total. The molecule has 0 heterocycles. The maximum absolute atomic E-state index is 2.36. The first kappa shape index (κ1) is 55.4. The molecule has 0 bridgehead atoms. The van der Waals surface area contributed by atoms with Crippen molar-refractivity contribution in [2.24, 2.45) is 0 Å². The summed E-state index contributed by atoms with van der Waals surface area (Å²) < 4.78 is 1.50. The molecular weight excluding hydrogens is 967 g/mol. The Hall–Kier alpha value is -8.34. The summed E-state index contributed by atoms with van der Waals surface area (Å²) >= 11 is 0. The molecule has 0 aliphatic heterocycles. The Kier molecular flexibility index (Phi) is 15.8. The van der Waals surface area contributed by atoms with Crippen molar-refractivity contribution in [1.29, 1.82) is 0 Å². The van der Waals surface area contributed by atoms with E-state index in [9.17, 15) is 0 Å². The average Bonchev–Trinajstić information content (AvgIpc) is 3.51. The minimum Gasteiger partial charge on any atom is -0.378 e. The molecule has 0 aliphatic carbocycles. The zero-order valence-electron chi connectivity index (χ0n) is 49.4. The second-order valence-corrected chi connectivity index (χ2v) is 22.7. The van der Waals surface area contributed by atoms with Gasteiger partial charge in [0.1, 0.15) is 51.2 Å². The molecule has 0 N–H and O–H groups in total. The molecule has 0 saturated carbocycles.